The molecule has 5 heteroatoms. The van der Waals surface area contributed by atoms with Gasteiger partial charge in [-0.1, -0.05) is 48.5 Å². The minimum absolute atomic E-state index is 0.148. The number of aryl methyl sites for hydroxylation is 2. The molecule has 0 bridgehead atoms. The van der Waals surface area contributed by atoms with Crippen molar-refractivity contribution in [3.05, 3.63) is 70.8 Å². The zero-order valence-corrected chi connectivity index (χ0v) is 19.6. The van der Waals surface area contributed by atoms with E-state index >= 15 is 0 Å². The van der Waals surface area contributed by atoms with Crippen LogP contribution in [-0.2, 0) is 11.3 Å². The number of benzene rings is 2. The standard InChI is InChI=1S/C27H35N3O2/c1-20-8-7-9-21(2)26(20)27(32)28-15-12-24(13-16-28)29-17-14-25(19-29)30(22(3)31)18-23-10-5-4-6-11-23/h4-11,24-25H,12-19H2,1-3H3/t25-/m1/s1. The highest BCUT2D eigenvalue weighted by molar-refractivity contribution is 5.97. The number of rotatable bonds is 5. The molecule has 2 saturated heterocycles. The van der Waals surface area contributed by atoms with E-state index in [1.165, 1.54) is 5.56 Å². The minimum atomic E-state index is 0.148. The summed E-state index contributed by atoms with van der Waals surface area (Å²) in [5.74, 6) is 0.318. The third-order valence-electron chi connectivity index (χ3n) is 7.20. The summed E-state index contributed by atoms with van der Waals surface area (Å²) in [6, 6.07) is 17.1. The second-order valence-corrected chi connectivity index (χ2v) is 9.36. The first-order chi connectivity index (χ1) is 15.4. The van der Waals surface area contributed by atoms with Gasteiger partial charge >= 0.3 is 0 Å². The van der Waals surface area contributed by atoms with Crippen LogP contribution >= 0.6 is 0 Å². The summed E-state index contributed by atoms with van der Waals surface area (Å²) < 4.78 is 0. The Balaban J connectivity index is 1.33. The average molecular weight is 434 g/mol. The van der Waals surface area contributed by atoms with Crippen molar-refractivity contribution < 1.29 is 9.59 Å². The molecule has 0 aromatic heterocycles. The summed E-state index contributed by atoms with van der Waals surface area (Å²) in [7, 11) is 0. The molecule has 5 nitrogen and oxygen atoms in total. The molecule has 2 heterocycles. The van der Waals surface area contributed by atoms with Gasteiger partial charge in [0.25, 0.3) is 5.91 Å². The molecule has 0 unspecified atom stereocenters. The largest absolute Gasteiger partial charge is 0.339 e. The Bertz CT molecular complexity index is 930. The van der Waals surface area contributed by atoms with Gasteiger partial charge < -0.3 is 9.80 Å². The molecule has 1 atom stereocenters. The van der Waals surface area contributed by atoms with Gasteiger partial charge in [-0.25, -0.2) is 0 Å². The summed E-state index contributed by atoms with van der Waals surface area (Å²) in [5.41, 5.74) is 4.16. The minimum Gasteiger partial charge on any atom is -0.339 e. The molecule has 2 amide bonds. The number of carbonyl (C=O) groups is 2. The van der Waals surface area contributed by atoms with Gasteiger partial charge in [0, 0.05) is 57.3 Å². The quantitative estimate of drug-likeness (QED) is 0.715. The van der Waals surface area contributed by atoms with Gasteiger partial charge in [0.1, 0.15) is 0 Å². The summed E-state index contributed by atoms with van der Waals surface area (Å²) in [6.07, 6.45) is 3.03. The SMILES string of the molecule is CC(=O)N(Cc1ccccc1)[C@@H]1CCN(C2CCN(C(=O)c3c(C)cccc3C)CC2)C1. The number of nitrogens with zero attached hydrogens (tertiary/aromatic N) is 3. The Kier molecular flexibility index (Phi) is 6.95. The Labute approximate surface area is 192 Å². The van der Waals surface area contributed by atoms with Crippen LogP contribution in [0, 0.1) is 13.8 Å². The highest BCUT2D eigenvalue weighted by Gasteiger charge is 2.35. The molecule has 0 spiro atoms. The fourth-order valence-corrected chi connectivity index (χ4v) is 5.38. The smallest absolute Gasteiger partial charge is 0.254 e. The molecule has 0 radical (unpaired) electrons. The highest BCUT2D eigenvalue weighted by atomic mass is 16.2. The lowest BCUT2D eigenvalue weighted by Gasteiger charge is -2.37. The fourth-order valence-electron chi connectivity index (χ4n) is 5.38. The van der Waals surface area contributed by atoms with Crippen molar-refractivity contribution in [2.45, 2.75) is 58.7 Å². The predicted octanol–water partition coefficient (Wildman–Crippen LogP) is 4.03. The monoisotopic (exact) mass is 433 g/mol. The molecule has 2 aliphatic rings. The molecule has 32 heavy (non-hydrogen) atoms. The number of piperidine rings is 1. The van der Waals surface area contributed by atoms with Crippen molar-refractivity contribution in [2.75, 3.05) is 26.2 Å². The van der Waals surface area contributed by atoms with Gasteiger partial charge in [0.2, 0.25) is 5.91 Å². The second kappa shape index (κ2) is 9.86. The average Bonchev–Trinajstić information content (AvgIpc) is 3.28. The van der Waals surface area contributed by atoms with Crippen LogP contribution in [0.4, 0.5) is 0 Å². The number of amides is 2. The lowest BCUT2D eigenvalue weighted by atomic mass is 9.98. The third-order valence-corrected chi connectivity index (χ3v) is 7.20. The Morgan fingerprint density at radius 1 is 0.906 bits per heavy atom. The summed E-state index contributed by atoms with van der Waals surface area (Å²) in [5, 5.41) is 0. The van der Waals surface area contributed by atoms with Gasteiger partial charge in [-0.15, -0.1) is 0 Å². The van der Waals surface area contributed by atoms with Crippen molar-refractivity contribution in [1.82, 2.24) is 14.7 Å². The van der Waals surface area contributed by atoms with Gasteiger partial charge in [-0.05, 0) is 49.8 Å². The van der Waals surface area contributed by atoms with Crippen LogP contribution in [0.1, 0.15) is 53.2 Å². The van der Waals surface area contributed by atoms with E-state index in [1.807, 2.05) is 60.0 Å². The molecule has 2 aromatic rings. The van der Waals surface area contributed by atoms with Crippen LogP contribution in [0.15, 0.2) is 48.5 Å². The lowest BCUT2D eigenvalue weighted by Crippen LogP contribution is -2.47. The van der Waals surface area contributed by atoms with E-state index in [-0.39, 0.29) is 17.9 Å². The summed E-state index contributed by atoms with van der Waals surface area (Å²) in [4.78, 5) is 32.1. The molecule has 2 fully saturated rings. The van der Waals surface area contributed by atoms with Crippen LogP contribution in [0.3, 0.4) is 0 Å². The summed E-state index contributed by atoms with van der Waals surface area (Å²) in [6.45, 7) is 9.97. The number of carbonyl (C=O) groups excluding carboxylic acids is 2. The van der Waals surface area contributed by atoms with E-state index in [2.05, 4.69) is 17.0 Å². The number of hydrogen-bond acceptors (Lipinski definition) is 3. The molecule has 2 aliphatic heterocycles. The lowest BCUT2D eigenvalue weighted by molar-refractivity contribution is -0.131. The molecule has 2 aromatic carbocycles. The molecular weight excluding hydrogens is 398 g/mol. The van der Waals surface area contributed by atoms with E-state index in [9.17, 15) is 9.59 Å². The van der Waals surface area contributed by atoms with Crippen molar-refractivity contribution in [2.24, 2.45) is 0 Å². The second-order valence-electron chi connectivity index (χ2n) is 9.36. The van der Waals surface area contributed by atoms with Gasteiger partial charge in [0.05, 0.1) is 0 Å². The van der Waals surface area contributed by atoms with E-state index in [4.69, 9.17) is 0 Å². The molecule has 4 rings (SSSR count). The maximum Gasteiger partial charge on any atom is 0.254 e. The molecule has 0 aliphatic carbocycles. The zero-order valence-electron chi connectivity index (χ0n) is 19.6. The van der Waals surface area contributed by atoms with E-state index in [0.29, 0.717) is 12.6 Å². The summed E-state index contributed by atoms with van der Waals surface area (Å²) >= 11 is 0. The highest BCUT2D eigenvalue weighted by Crippen LogP contribution is 2.26. The molecule has 170 valence electrons. The fraction of sp³-hybridized carbons (Fsp3) is 0.481. The van der Waals surface area contributed by atoms with E-state index in [0.717, 1.165) is 62.1 Å². The van der Waals surface area contributed by atoms with Crippen LogP contribution in [0.5, 0.6) is 0 Å². The first-order valence-corrected chi connectivity index (χ1v) is 11.8. The maximum atomic E-state index is 13.1. The Morgan fingerprint density at radius 3 is 2.19 bits per heavy atom. The third kappa shape index (κ3) is 4.88. The van der Waals surface area contributed by atoms with Crippen LogP contribution in [0.2, 0.25) is 0 Å². The topological polar surface area (TPSA) is 43.9 Å². The first kappa shape index (κ1) is 22.5. The van der Waals surface area contributed by atoms with Crippen molar-refractivity contribution >= 4 is 11.8 Å². The van der Waals surface area contributed by atoms with Crippen LogP contribution < -0.4 is 0 Å². The van der Waals surface area contributed by atoms with Crippen LogP contribution in [0.25, 0.3) is 0 Å². The number of likely N-dealkylation sites (tertiary alicyclic amines) is 2. The Hall–Kier alpha value is -2.66. The van der Waals surface area contributed by atoms with Gasteiger partial charge in [0.15, 0.2) is 0 Å². The number of hydrogen-bond donors (Lipinski definition) is 0. The van der Waals surface area contributed by atoms with Crippen molar-refractivity contribution in [1.29, 1.82) is 0 Å². The van der Waals surface area contributed by atoms with Crippen molar-refractivity contribution in [3.8, 4) is 0 Å². The van der Waals surface area contributed by atoms with Gasteiger partial charge in [-0.3, -0.25) is 14.5 Å². The maximum absolute atomic E-state index is 13.1. The molecule has 0 N–H and O–H groups in total. The van der Waals surface area contributed by atoms with E-state index in [1.54, 1.807) is 6.92 Å². The van der Waals surface area contributed by atoms with Crippen LogP contribution in [-0.4, -0.2) is 64.8 Å². The first-order valence-electron chi connectivity index (χ1n) is 11.8. The normalized spacial score (nSPS) is 19.8. The van der Waals surface area contributed by atoms with Crippen molar-refractivity contribution in [3.63, 3.8) is 0 Å². The van der Waals surface area contributed by atoms with Gasteiger partial charge in [-0.2, -0.15) is 0 Å². The molecular formula is C27H35N3O2. The predicted molar refractivity (Wildman–Crippen MR) is 127 cm³/mol. The van der Waals surface area contributed by atoms with E-state index < -0.39 is 0 Å². The molecule has 0 saturated carbocycles. The Morgan fingerprint density at radius 2 is 1.56 bits per heavy atom. The zero-order chi connectivity index (χ0) is 22.7.